The van der Waals surface area contributed by atoms with Gasteiger partial charge in [0.25, 0.3) is 11.8 Å². The average molecular weight is 367 g/mol. The lowest BCUT2D eigenvalue weighted by Gasteiger charge is -2.15. The summed E-state index contributed by atoms with van der Waals surface area (Å²) in [5.41, 5.74) is 4.43. The van der Waals surface area contributed by atoms with E-state index >= 15 is 0 Å². The van der Waals surface area contributed by atoms with E-state index in [9.17, 15) is 14.0 Å². The zero-order chi connectivity index (χ0) is 18.2. The highest BCUT2D eigenvalue weighted by atomic mass is 35.5. The van der Waals surface area contributed by atoms with Crippen LogP contribution >= 0.6 is 11.6 Å². The summed E-state index contributed by atoms with van der Waals surface area (Å²) in [4.78, 5) is 23.5. The van der Waals surface area contributed by atoms with E-state index in [0.717, 1.165) is 0 Å². The third-order valence-electron chi connectivity index (χ3n) is 3.00. The fraction of sp³-hybridized carbons (Fsp3) is 0.176. The monoisotopic (exact) mass is 366 g/mol. The Labute approximate surface area is 148 Å². The van der Waals surface area contributed by atoms with Crippen LogP contribution in [0.2, 0.25) is 5.02 Å². The van der Waals surface area contributed by atoms with Crippen LogP contribution in [-0.2, 0) is 9.59 Å². The highest BCUT2D eigenvalue weighted by Crippen LogP contribution is 2.15. The summed E-state index contributed by atoms with van der Waals surface area (Å²) in [6, 6.07) is 11.7. The topological polar surface area (TPSA) is 76.7 Å². The predicted octanol–water partition coefficient (Wildman–Crippen LogP) is 2.47. The number of hydrazine groups is 1. The van der Waals surface area contributed by atoms with Crippen LogP contribution in [0.25, 0.3) is 0 Å². The van der Waals surface area contributed by atoms with Crippen molar-refractivity contribution in [2.24, 2.45) is 0 Å². The first kappa shape index (κ1) is 18.5. The van der Waals surface area contributed by atoms with Gasteiger partial charge in [0, 0.05) is 5.02 Å². The number of amides is 2. The molecule has 6 nitrogen and oxygen atoms in total. The predicted molar refractivity (Wildman–Crippen MR) is 89.7 cm³/mol. The number of halogens is 2. The van der Waals surface area contributed by atoms with Crippen LogP contribution in [-0.4, -0.2) is 24.5 Å². The summed E-state index contributed by atoms with van der Waals surface area (Å²) in [5.74, 6) is -0.709. The molecule has 0 saturated carbocycles. The Balaban J connectivity index is 1.71. The lowest BCUT2D eigenvalue weighted by Crippen LogP contribution is -2.48. The maximum Gasteiger partial charge on any atom is 0.279 e. The first-order chi connectivity index (χ1) is 11.9. The van der Waals surface area contributed by atoms with Gasteiger partial charge >= 0.3 is 0 Å². The van der Waals surface area contributed by atoms with Gasteiger partial charge in [-0.15, -0.1) is 0 Å². The summed E-state index contributed by atoms with van der Waals surface area (Å²) in [5, 5.41) is 0.555. The fourth-order valence-electron chi connectivity index (χ4n) is 1.72. The highest BCUT2D eigenvalue weighted by molar-refractivity contribution is 6.30. The number of hydrogen-bond donors (Lipinski definition) is 2. The van der Waals surface area contributed by atoms with Crippen LogP contribution in [0.3, 0.4) is 0 Å². The van der Waals surface area contributed by atoms with Crippen molar-refractivity contribution in [3.05, 3.63) is 59.4 Å². The van der Waals surface area contributed by atoms with Crippen molar-refractivity contribution >= 4 is 23.4 Å². The largest absolute Gasteiger partial charge is 0.484 e. The molecule has 25 heavy (non-hydrogen) atoms. The highest BCUT2D eigenvalue weighted by Gasteiger charge is 2.15. The molecule has 132 valence electrons. The van der Waals surface area contributed by atoms with Gasteiger partial charge in [-0.25, -0.2) is 4.39 Å². The molecular formula is C17H16ClFN2O4. The molecule has 1 unspecified atom stereocenters. The number of hydrogen-bond acceptors (Lipinski definition) is 4. The molecule has 0 bridgehead atoms. The molecule has 8 heteroatoms. The average Bonchev–Trinajstić information content (AvgIpc) is 2.61. The smallest absolute Gasteiger partial charge is 0.279 e. The van der Waals surface area contributed by atoms with Crippen molar-refractivity contribution in [1.29, 1.82) is 0 Å². The fourth-order valence-corrected chi connectivity index (χ4v) is 1.85. The van der Waals surface area contributed by atoms with E-state index in [2.05, 4.69) is 10.9 Å². The maximum atomic E-state index is 12.8. The van der Waals surface area contributed by atoms with Gasteiger partial charge in [0.1, 0.15) is 17.3 Å². The van der Waals surface area contributed by atoms with E-state index < -0.39 is 23.7 Å². The van der Waals surface area contributed by atoms with Crippen molar-refractivity contribution in [3.63, 3.8) is 0 Å². The maximum absolute atomic E-state index is 12.8. The SMILES string of the molecule is CC(Oc1ccc(F)cc1)C(=O)NNC(=O)COc1ccc(Cl)cc1. The molecule has 2 N–H and O–H groups in total. The second-order valence-electron chi connectivity index (χ2n) is 4.99. The van der Waals surface area contributed by atoms with E-state index in [1.54, 1.807) is 24.3 Å². The van der Waals surface area contributed by atoms with Crippen LogP contribution in [0, 0.1) is 5.82 Å². The quantitative estimate of drug-likeness (QED) is 0.770. The van der Waals surface area contributed by atoms with Crippen molar-refractivity contribution in [2.45, 2.75) is 13.0 Å². The van der Waals surface area contributed by atoms with Crippen molar-refractivity contribution in [2.75, 3.05) is 6.61 Å². The number of carbonyl (C=O) groups is 2. The zero-order valence-corrected chi connectivity index (χ0v) is 14.0. The summed E-state index contributed by atoms with van der Waals surface area (Å²) in [6.45, 7) is 1.21. The van der Waals surface area contributed by atoms with Crippen LogP contribution in [0.15, 0.2) is 48.5 Å². The van der Waals surface area contributed by atoms with E-state index in [0.29, 0.717) is 16.5 Å². The minimum absolute atomic E-state index is 0.283. The molecule has 0 aliphatic heterocycles. The molecule has 0 heterocycles. The van der Waals surface area contributed by atoms with E-state index in [1.165, 1.54) is 31.2 Å². The van der Waals surface area contributed by atoms with Crippen LogP contribution in [0.5, 0.6) is 11.5 Å². The van der Waals surface area contributed by atoms with Gasteiger partial charge in [0.15, 0.2) is 12.7 Å². The van der Waals surface area contributed by atoms with Gasteiger partial charge in [-0.05, 0) is 55.5 Å². The Morgan fingerprint density at radius 3 is 2.28 bits per heavy atom. The van der Waals surface area contributed by atoms with E-state index in [-0.39, 0.29) is 6.61 Å². The Morgan fingerprint density at radius 1 is 1.04 bits per heavy atom. The minimum atomic E-state index is -0.886. The Kier molecular flexibility index (Phi) is 6.59. The van der Waals surface area contributed by atoms with Crippen molar-refractivity contribution in [1.82, 2.24) is 10.9 Å². The standard InChI is InChI=1S/C17H16ClFN2O4/c1-11(25-15-8-4-13(19)5-9-15)17(23)21-20-16(22)10-24-14-6-2-12(18)3-7-14/h2-9,11H,10H2,1H3,(H,20,22)(H,21,23). The minimum Gasteiger partial charge on any atom is -0.484 e. The molecule has 1 atom stereocenters. The van der Waals surface area contributed by atoms with Crippen LogP contribution in [0.1, 0.15) is 6.92 Å². The van der Waals surface area contributed by atoms with Gasteiger partial charge in [-0.1, -0.05) is 11.6 Å². The van der Waals surface area contributed by atoms with E-state index in [4.69, 9.17) is 21.1 Å². The molecular weight excluding hydrogens is 351 g/mol. The molecule has 2 rings (SSSR count). The van der Waals surface area contributed by atoms with Crippen molar-refractivity contribution < 1.29 is 23.5 Å². The van der Waals surface area contributed by atoms with Gasteiger partial charge in [-0.2, -0.15) is 0 Å². The zero-order valence-electron chi connectivity index (χ0n) is 13.3. The molecule has 0 aliphatic carbocycles. The number of benzene rings is 2. The summed E-state index contributed by atoms with van der Waals surface area (Å²) in [6.07, 6.45) is -0.886. The molecule has 0 spiro atoms. The number of ether oxygens (including phenoxy) is 2. The molecule has 0 fully saturated rings. The Hall–Kier alpha value is -2.80. The molecule has 2 aromatic carbocycles. The normalized spacial score (nSPS) is 11.3. The lowest BCUT2D eigenvalue weighted by molar-refractivity contribution is -0.133. The Morgan fingerprint density at radius 2 is 1.64 bits per heavy atom. The second-order valence-corrected chi connectivity index (χ2v) is 5.43. The molecule has 0 saturated heterocycles. The molecule has 2 amide bonds. The molecule has 0 aromatic heterocycles. The third kappa shape index (κ3) is 6.31. The number of carbonyl (C=O) groups excluding carboxylic acids is 2. The van der Waals surface area contributed by atoms with E-state index in [1.807, 2.05) is 0 Å². The lowest BCUT2D eigenvalue weighted by atomic mass is 10.3. The van der Waals surface area contributed by atoms with Gasteiger partial charge in [0.05, 0.1) is 0 Å². The van der Waals surface area contributed by atoms with Gasteiger partial charge in [0.2, 0.25) is 0 Å². The molecule has 2 aromatic rings. The number of rotatable bonds is 6. The molecule has 0 aliphatic rings. The summed E-state index contributed by atoms with van der Waals surface area (Å²) >= 11 is 5.74. The first-order valence-corrected chi connectivity index (χ1v) is 7.71. The van der Waals surface area contributed by atoms with Crippen LogP contribution < -0.4 is 20.3 Å². The summed E-state index contributed by atoms with van der Waals surface area (Å²) < 4.78 is 23.4. The van der Waals surface area contributed by atoms with Crippen LogP contribution in [0.4, 0.5) is 4.39 Å². The Bertz CT molecular complexity index is 722. The first-order valence-electron chi connectivity index (χ1n) is 7.33. The van der Waals surface area contributed by atoms with Gasteiger partial charge in [-0.3, -0.25) is 20.4 Å². The number of nitrogens with one attached hydrogen (secondary N) is 2. The van der Waals surface area contributed by atoms with Crippen molar-refractivity contribution in [3.8, 4) is 11.5 Å². The second kappa shape index (κ2) is 8.89. The third-order valence-corrected chi connectivity index (χ3v) is 3.26. The molecule has 0 radical (unpaired) electrons. The summed E-state index contributed by atoms with van der Waals surface area (Å²) in [7, 11) is 0. The van der Waals surface area contributed by atoms with Gasteiger partial charge < -0.3 is 9.47 Å².